The number of para-hydroxylation sites is 1. The van der Waals surface area contributed by atoms with Crippen LogP contribution in [0.1, 0.15) is 28.8 Å². The van der Waals surface area contributed by atoms with Gasteiger partial charge in [0.05, 0.1) is 11.1 Å². The van der Waals surface area contributed by atoms with E-state index in [2.05, 4.69) is 5.32 Å². The van der Waals surface area contributed by atoms with E-state index in [1.54, 1.807) is 18.2 Å². The predicted molar refractivity (Wildman–Crippen MR) is 72.9 cm³/mol. The van der Waals surface area contributed by atoms with E-state index in [0.717, 1.165) is 18.4 Å². The van der Waals surface area contributed by atoms with E-state index < -0.39 is 0 Å². The van der Waals surface area contributed by atoms with Crippen molar-refractivity contribution in [1.29, 1.82) is 0 Å². The van der Waals surface area contributed by atoms with Crippen LogP contribution >= 0.6 is 0 Å². The fourth-order valence-electron chi connectivity index (χ4n) is 2.32. The molecule has 0 atom stereocenters. The summed E-state index contributed by atoms with van der Waals surface area (Å²) in [6.45, 7) is 0. The second-order valence-electron chi connectivity index (χ2n) is 4.92. The number of hydrogen-bond donors (Lipinski definition) is 2. The summed E-state index contributed by atoms with van der Waals surface area (Å²) >= 11 is 0. The van der Waals surface area contributed by atoms with Crippen LogP contribution in [0.3, 0.4) is 0 Å². The van der Waals surface area contributed by atoms with Gasteiger partial charge in [0.15, 0.2) is 0 Å². The molecule has 2 aromatic carbocycles. The van der Waals surface area contributed by atoms with E-state index in [1.807, 2.05) is 30.3 Å². The number of phenols is 1. The fourth-order valence-corrected chi connectivity index (χ4v) is 2.32. The van der Waals surface area contributed by atoms with E-state index in [4.69, 9.17) is 0 Å². The van der Waals surface area contributed by atoms with Crippen LogP contribution in [0.4, 0.5) is 0 Å². The smallest absolute Gasteiger partial charge is 0.255 e. The second kappa shape index (κ2) is 4.43. The summed E-state index contributed by atoms with van der Waals surface area (Å²) in [4.78, 5) is 12.2. The van der Waals surface area contributed by atoms with Crippen molar-refractivity contribution in [2.24, 2.45) is 0 Å². The van der Waals surface area contributed by atoms with Crippen LogP contribution in [0.25, 0.3) is 0 Å². The van der Waals surface area contributed by atoms with Gasteiger partial charge in [-0.25, -0.2) is 0 Å². The molecule has 3 heteroatoms. The van der Waals surface area contributed by atoms with Crippen molar-refractivity contribution in [3.8, 4) is 5.75 Å². The Bertz CT molecular complexity index is 603. The highest BCUT2D eigenvalue weighted by Gasteiger charge is 2.45. The number of aromatic hydroxyl groups is 1. The lowest BCUT2D eigenvalue weighted by atomic mass is 10.0. The molecule has 0 saturated heterocycles. The molecular weight excluding hydrogens is 238 g/mol. The molecule has 1 fully saturated rings. The summed E-state index contributed by atoms with van der Waals surface area (Å²) in [6, 6.07) is 16.6. The lowest BCUT2D eigenvalue weighted by Crippen LogP contribution is -2.34. The second-order valence-corrected chi connectivity index (χ2v) is 4.92. The lowest BCUT2D eigenvalue weighted by Gasteiger charge is -2.18. The fraction of sp³-hybridized carbons (Fsp3) is 0.188. The number of phenolic OH excluding ortho intramolecular Hbond substituents is 1. The number of hydrogen-bond acceptors (Lipinski definition) is 2. The molecule has 0 aromatic heterocycles. The Kier molecular flexibility index (Phi) is 2.75. The summed E-state index contributed by atoms with van der Waals surface area (Å²) in [5.41, 5.74) is 1.20. The molecule has 0 radical (unpaired) electrons. The highest BCUT2D eigenvalue weighted by atomic mass is 16.3. The van der Waals surface area contributed by atoms with Crippen molar-refractivity contribution in [2.75, 3.05) is 0 Å². The molecule has 0 spiro atoms. The minimum atomic E-state index is -0.249. The quantitative estimate of drug-likeness (QED) is 0.883. The molecule has 1 saturated carbocycles. The van der Waals surface area contributed by atoms with Gasteiger partial charge in [-0.05, 0) is 30.5 Å². The number of rotatable bonds is 3. The number of amides is 1. The van der Waals surface area contributed by atoms with Crippen molar-refractivity contribution in [3.63, 3.8) is 0 Å². The van der Waals surface area contributed by atoms with E-state index in [1.165, 1.54) is 6.07 Å². The third kappa shape index (κ3) is 2.19. The Morgan fingerprint density at radius 3 is 2.26 bits per heavy atom. The highest BCUT2D eigenvalue weighted by molar-refractivity contribution is 5.97. The van der Waals surface area contributed by atoms with Gasteiger partial charge in [0.1, 0.15) is 5.75 Å². The van der Waals surface area contributed by atoms with Crippen molar-refractivity contribution in [2.45, 2.75) is 18.4 Å². The first-order valence-corrected chi connectivity index (χ1v) is 6.37. The molecule has 3 rings (SSSR count). The Morgan fingerprint density at radius 2 is 1.63 bits per heavy atom. The predicted octanol–water partition coefficient (Wildman–Crippen LogP) is 2.81. The molecule has 2 N–H and O–H groups in total. The molecule has 3 nitrogen and oxygen atoms in total. The van der Waals surface area contributed by atoms with Gasteiger partial charge in [-0.2, -0.15) is 0 Å². The number of carbonyl (C=O) groups excluding carboxylic acids is 1. The SMILES string of the molecule is O=C(NC1(c2ccccc2)CC1)c1ccccc1O. The van der Waals surface area contributed by atoms with Crippen molar-refractivity contribution >= 4 is 5.91 Å². The van der Waals surface area contributed by atoms with Gasteiger partial charge in [-0.1, -0.05) is 42.5 Å². The van der Waals surface area contributed by atoms with Crippen LogP contribution in [0.15, 0.2) is 54.6 Å². The lowest BCUT2D eigenvalue weighted by molar-refractivity contribution is 0.0928. The van der Waals surface area contributed by atoms with Gasteiger partial charge in [-0.3, -0.25) is 4.79 Å². The summed E-state index contributed by atoms with van der Waals surface area (Å²) < 4.78 is 0. The molecule has 0 heterocycles. The monoisotopic (exact) mass is 253 g/mol. The standard InChI is InChI=1S/C16H15NO2/c18-14-9-5-4-8-13(14)15(19)17-16(10-11-16)12-6-2-1-3-7-12/h1-9,18H,10-11H2,(H,17,19). The van der Waals surface area contributed by atoms with E-state index in [-0.39, 0.29) is 17.2 Å². The van der Waals surface area contributed by atoms with Crippen LogP contribution in [0.2, 0.25) is 0 Å². The minimum Gasteiger partial charge on any atom is -0.507 e. The van der Waals surface area contributed by atoms with Crippen LogP contribution in [-0.2, 0) is 5.54 Å². The third-order valence-corrected chi connectivity index (χ3v) is 3.58. The number of nitrogens with one attached hydrogen (secondary N) is 1. The van der Waals surface area contributed by atoms with Gasteiger partial charge in [0.25, 0.3) is 5.91 Å². The topological polar surface area (TPSA) is 49.3 Å². The van der Waals surface area contributed by atoms with Gasteiger partial charge < -0.3 is 10.4 Å². The maximum absolute atomic E-state index is 12.2. The largest absolute Gasteiger partial charge is 0.507 e. The van der Waals surface area contributed by atoms with E-state index in [0.29, 0.717) is 5.56 Å². The third-order valence-electron chi connectivity index (χ3n) is 3.58. The number of benzene rings is 2. The maximum atomic E-state index is 12.2. The van der Waals surface area contributed by atoms with Crippen LogP contribution in [-0.4, -0.2) is 11.0 Å². The van der Waals surface area contributed by atoms with Crippen LogP contribution in [0.5, 0.6) is 5.75 Å². The molecule has 0 unspecified atom stereocenters. The summed E-state index contributed by atoms with van der Waals surface area (Å²) in [5.74, 6) is -0.205. The first kappa shape index (κ1) is 11.8. The Hall–Kier alpha value is -2.29. The molecule has 1 aliphatic carbocycles. The highest BCUT2D eigenvalue weighted by Crippen LogP contribution is 2.45. The van der Waals surface area contributed by atoms with Gasteiger partial charge in [0.2, 0.25) is 0 Å². The summed E-state index contributed by atoms with van der Waals surface area (Å²) in [5, 5.41) is 12.7. The molecule has 19 heavy (non-hydrogen) atoms. The zero-order valence-electron chi connectivity index (χ0n) is 10.5. The van der Waals surface area contributed by atoms with Crippen molar-refractivity contribution < 1.29 is 9.90 Å². The Morgan fingerprint density at radius 1 is 1.00 bits per heavy atom. The number of carbonyl (C=O) groups is 1. The molecular formula is C16H15NO2. The minimum absolute atomic E-state index is 0.0175. The molecule has 1 aliphatic rings. The van der Waals surface area contributed by atoms with Gasteiger partial charge >= 0.3 is 0 Å². The molecule has 0 bridgehead atoms. The summed E-state index contributed by atoms with van der Waals surface area (Å²) in [7, 11) is 0. The first-order chi connectivity index (χ1) is 9.21. The van der Waals surface area contributed by atoms with Crippen molar-refractivity contribution in [1.82, 2.24) is 5.32 Å². The van der Waals surface area contributed by atoms with E-state index >= 15 is 0 Å². The van der Waals surface area contributed by atoms with Crippen molar-refractivity contribution in [3.05, 3.63) is 65.7 Å². The van der Waals surface area contributed by atoms with Gasteiger partial charge in [0, 0.05) is 0 Å². The molecule has 0 aliphatic heterocycles. The molecule has 1 amide bonds. The van der Waals surface area contributed by atoms with E-state index in [9.17, 15) is 9.90 Å². The zero-order valence-corrected chi connectivity index (χ0v) is 10.5. The first-order valence-electron chi connectivity index (χ1n) is 6.37. The Labute approximate surface area is 111 Å². The van der Waals surface area contributed by atoms with Crippen LogP contribution < -0.4 is 5.32 Å². The van der Waals surface area contributed by atoms with Crippen LogP contribution in [0, 0.1) is 0 Å². The maximum Gasteiger partial charge on any atom is 0.255 e. The molecule has 2 aromatic rings. The summed E-state index contributed by atoms with van der Waals surface area (Å²) in [6.07, 6.45) is 1.88. The average Bonchev–Trinajstić information content (AvgIpc) is 3.21. The average molecular weight is 253 g/mol. The zero-order chi connectivity index (χ0) is 13.3. The molecule has 96 valence electrons. The van der Waals surface area contributed by atoms with Gasteiger partial charge in [-0.15, -0.1) is 0 Å². The Balaban J connectivity index is 1.83. The normalized spacial score (nSPS) is 15.8.